The van der Waals surface area contributed by atoms with Gasteiger partial charge in [0.15, 0.2) is 0 Å². The molecule has 12 nitrogen and oxygen atoms in total. The molecule has 1 saturated heterocycles. The number of hydrogen-bond donors (Lipinski definition) is 5. The van der Waals surface area contributed by atoms with Crippen LogP contribution in [0.4, 0.5) is 14.9 Å². The third-order valence-electron chi connectivity index (χ3n) is 5.57. The maximum atomic E-state index is 15.0. The highest BCUT2D eigenvalue weighted by Gasteiger charge is 2.47. The summed E-state index contributed by atoms with van der Waals surface area (Å²) in [7, 11) is -4.61. The quantitative estimate of drug-likeness (QED) is 0.265. The molecule has 0 radical (unpaired) electrons. The second-order valence-electron chi connectivity index (χ2n) is 8.18. The van der Waals surface area contributed by atoms with Crippen LogP contribution < -0.4 is 10.2 Å². The molecule has 0 saturated carbocycles. The van der Waals surface area contributed by atoms with Gasteiger partial charge in [0.05, 0.1) is 24.1 Å². The minimum atomic E-state index is -4.61. The first kappa shape index (κ1) is 25.6. The molecular formula is C22H25FN6O6P+. The summed E-state index contributed by atoms with van der Waals surface area (Å²) >= 11 is 0. The zero-order valence-electron chi connectivity index (χ0n) is 19.2. The number of anilines is 1. The van der Waals surface area contributed by atoms with Crippen LogP contribution in [0.1, 0.15) is 18.2 Å². The summed E-state index contributed by atoms with van der Waals surface area (Å²) in [6, 6.07) is 11.7. The van der Waals surface area contributed by atoms with Gasteiger partial charge in [-0.3, -0.25) is 9.69 Å². The number of ether oxygens (including phenoxy) is 1. The van der Waals surface area contributed by atoms with Crippen molar-refractivity contribution in [3.63, 3.8) is 0 Å². The average molecular weight is 519 g/mol. The number of cyclic esters (lactones) is 1. The monoisotopic (exact) mass is 519 g/mol. The first-order valence-electron chi connectivity index (χ1n) is 10.9. The van der Waals surface area contributed by atoms with E-state index in [0.717, 1.165) is 18.2 Å². The predicted molar refractivity (Wildman–Crippen MR) is 127 cm³/mol. The number of halogens is 1. The number of benzene rings is 2. The molecule has 0 spiro atoms. The molecule has 4 rings (SSSR count). The van der Waals surface area contributed by atoms with Crippen LogP contribution in [0.25, 0.3) is 11.1 Å². The van der Waals surface area contributed by atoms with E-state index in [-0.39, 0.29) is 12.2 Å². The van der Waals surface area contributed by atoms with Gasteiger partial charge in [0.25, 0.3) is 5.91 Å². The van der Waals surface area contributed by atoms with Crippen LogP contribution >= 0.6 is 8.09 Å². The third-order valence-corrected chi connectivity index (χ3v) is 6.66. The fourth-order valence-electron chi connectivity index (χ4n) is 3.80. The first-order chi connectivity index (χ1) is 17.1. The molecular weight excluding hydrogens is 494 g/mol. The van der Waals surface area contributed by atoms with E-state index < -0.39 is 38.6 Å². The normalized spacial score (nSPS) is 15.8. The minimum absolute atomic E-state index is 0.0720. The molecule has 1 atom stereocenters. The van der Waals surface area contributed by atoms with E-state index in [1.54, 1.807) is 30.5 Å². The molecule has 0 bridgehead atoms. The first-order valence-corrected chi connectivity index (χ1v) is 12.5. The average Bonchev–Trinajstić information content (AvgIpc) is 3.46. The van der Waals surface area contributed by atoms with Gasteiger partial charge in [-0.25, -0.2) is 9.18 Å². The number of carbonyl (C=O) groups excluding carboxylic acids is 2. The molecule has 5 N–H and O–H groups in total. The van der Waals surface area contributed by atoms with Gasteiger partial charge in [0, 0.05) is 25.6 Å². The van der Waals surface area contributed by atoms with E-state index in [1.807, 2.05) is 12.1 Å². The summed E-state index contributed by atoms with van der Waals surface area (Å²) in [6.45, 7) is 1.71. The van der Waals surface area contributed by atoms with Gasteiger partial charge in [-0.05, 0) is 29.3 Å². The minimum Gasteiger partial charge on any atom is -0.442 e. The Balaban J connectivity index is 1.40. The van der Waals surface area contributed by atoms with Gasteiger partial charge in [0.2, 0.25) is 0 Å². The molecule has 1 aliphatic rings. The molecule has 0 aliphatic carbocycles. The Morgan fingerprint density at radius 2 is 2.00 bits per heavy atom. The third kappa shape index (κ3) is 6.01. The molecule has 14 heteroatoms. The van der Waals surface area contributed by atoms with E-state index in [2.05, 4.69) is 20.7 Å². The zero-order valence-corrected chi connectivity index (χ0v) is 20.1. The summed E-state index contributed by atoms with van der Waals surface area (Å²) in [5.74, 6) is -1.34. The van der Waals surface area contributed by atoms with Crippen LogP contribution in [-0.2, 0) is 22.6 Å². The van der Waals surface area contributed by atoms with Crippen molar-refractivity contribution >= 4 is 25.8 Å². The van der Waals surface area contributed by atoms with Gasteiger partial charge in [-0.15, -0.1) is 4.67 Å². The fraction of sp³-hybridized carbons (Fsp3) is 0.273. The van der Waals surface area contributed by atoms with Gasteiger partial charge >= 0.3 is 14.2 Å². The maximum Gasteiger partial charge on any atom is 0.525 e. The van der Waals surface area contributed by atoms with Crippen LogP contribution in [0.15, 0.2) is 48.7 Å². The molecule has 3 aromatic rings. The number of aromatic amines is 1. The van der Waals surface area contributed by atoms with E-state index in [9.17, 15) is 28.7 Å². The summed E-state index contributed by atoms with van der Waals surface area (Å²) in [5, 5.41) is 13.5. The molecule has 2 aromatic carbocycles. The number of H-pyrrole nitrogens is 1. The fourth-order valence-corrected chi connectivity index (χ4v) is 4.58. The molecule has 36 heavy (non-hydrogen) atoms. The largest absolute Gasteiger partial charge is 0.525 e. The molecule has 2 amide bonds. The Morgan fingerprint density at radius 1 is 1.25 bits per heavy atom. The number of hydrogen-bond acceptors (Lipinski definition) is 9. The van der Waals surface area contributed by atoms with E-state index >= 15 is 0 Å². The summed E-state index contributed by atoms with van der Waals surface area (Å²) in [6.07, 6.45) is -0.0905. The summed E-state index contributed by atoms with van der Waals surface area (Å²) in [4.78, 5) is 53.5. The van der Waals surface area contributed by atoms with Crippen molar-refractivity contribution in [2.24, 2.45) is 0 Å². The Bertz CT molecular complexity index is 1220. The van der Waals surface area contributed by atoms with Crippen molar-refractivity contribution in [3.8, 4) is 11.1 Å². The molecule has 1 aromatic heterocycles. The molecule has 1 fully saturated rings. The Morgan fingerprint density at radius 3 is 2.61 bits per heavy atom. The van der Waals surface area contributed by atoms with Crippen molar-refractivity contribution in [1.82, 2.24) is 25.4 Å². The second kappa shape index (κ2) is 10.6. The zero-order chi connectivity index (χ0) is 25.9. The lowest BCUT2D eigenvalue weighted by atomic mass is 10.0. The van der Waals surface area contributed by atoms with Crippen LogP contribution in [-0.4, -0.2) is 66.0 Å². The Hall–Kier alpha value is -3.48. The predicted octanol–water partition coefficient (Wildman–Crippen LogP) is 1.73. The van der Waals surface area contributed by atoms with Crippen LogP contribution in [0, 0.1) is 5.82 Å². The molecule has 190 valence electrons. The molecule has 1 aliphatic heterocycles. The van der Waals surface area contributed by atoms with Gasteiger partial charge in [0.1, 0.15) is 18.5 Å². The smallest absolute Gasteiger partial charge is 0.442 e. The van der Waals surface area contributed by atoms with Crippen molar-refractivity contribution in [2.75, 3.05) is 18.0 Å². The van der Waals surface area contributed by atoms with Crippen molar-refractivity contribution in [2.45, 2.75) is 26.1 Å². The SMILES string of the molecule is CC(=O)N(CC1CN(c2ccc(-c3ccc(CNCc4cn[nH]n4)cc3)c(F)c2)C(=O)O1)[P+](O)(O)O. The lowest BCUT2D eigenvalue weighted by molar-refractivity contribution is -0.126. The Kier molecular flexibility index (Phi) is 7.57. The van der Waals surface area contributed by atoms with Gasteiger partial charge < -0.3 is 10.1 Å². The van der Waals surface area contributed by atoms with Crippen LogP contribution in [0.3, 0.4) is 0 Å². The van der Waals surface area contributed by atoms with Crippen LogP contribution in [0.5, 0.6) is 0 Å². The summed E-state index contributed by atoms with van der Waals surface area (Å²) < 4.78 is 20.6. The van der Waals surface area contributed by atoms with E-state index in [0.29, 0.717) is 28.9 Å². The topological polar surface area (TPSA) is 164 Å². The Labute approximate surface area is 205 Å². The van der Waals surface area contributed by atoms with E-state index in [1.165, 1.54) is 11.0 Å². The number of aromatic nitrogens is 3. The number of nitrogens with zero attached hydrogens (tertiary/aromatic N) is 4. The number of nitrogens with one attached hydrogen (secondary N) is 2. The summed E-state index contributed by atoms with van der Waals surface area (Å²) in [5.41, 5.74) is 3.05. The lowest BCUT2D eigenvalue weighted by Crippen LogP contribution is -2.37. The van der Waals surface area contributed by atoms with Gasteiger partial charge in [-0.1, -0.05) is 24.3 Å². The highest BCUT2D eigenvalue weighted by atomic mass is 31.2. The maximum absolute atomic E-state index is 15.0. The molecule has 1 unspecified atom stereocenters. The molecule has 2 heterocycles. The highest BCUT2D eigenvalue weighted by Crippen LogP contribution is 2.49. The second-order valence-corrected chi connectivity index (χ2v) is 9.74. The standard InChI is InChI=1S/C22H25FN6O6P/c1-14(30)29(36(32,33)34)13-19-12-28(22(31)35-19)18-6-7-20(21(23)8-18)16-4-2-15(3-5-16)9-24-10-17-11-25-27-26-17/h2-8,11,19,24,32-34H,9-10,12-13H2,1H3,(H,25,26,27)/q+1. The van der Waals surface area contributed by atoms with Crippen molar-refractivity contribution in [1.29, 1.82) is 0 Å². The lowest BCUT2D eigenvalue weighted by Gasteiger charge is -2.21. The van der Waals surface area contributed by atoms with Gasteiger partial charge in [-0.2, -0.15) is 30.1 Å². The number of amides is 2. The van der Waals surface area contributed by atoms with Crippen molar-refractivity contribution in [3.05, 3.63) is 65.7 Å². The number of rotatable bonds is 9. The number of carbonyl (C=O) groups is 2. The van der Waals surface area contributed by atoms with E-state index in [4.69, 9.17) is 4.74 Å². The highest BCUT2D eigenvalue weighted by molar-refractivity contribution is 7.56. The van der Waals surface area contributed by atoms with Crippen molar-refractivity contribution < 1.29 is 33.4 Å². The van der Waals surface area contributed by atoms with Crippen LogP contribution in [0.2, 0.25) is 0 Å².